The predicted octanol–water partition coefficient (Wildman–Crippen LogP) is 3.60. The Morgan fingerprint density at radius 1 is 1.09 bits per heavy atom. The number of rotatable bonds is 6. The van der Waals surface area contributed by atoms with Gasteiger partial charge in [0.05, 0.1) is 31.8 Å². The number of ether oxygens (including phenoxy) is 3. The summed E-state index contributed by atoms with van der Waals surface area (Å²) in [6, 6.07) is 13.7. The van der Waals surface area contributed by atoms with Gasteiger partial charge in [0.2, 0.25) is 0 Å². The van der Waals surface area contributed by atoms with E-state index in [1.807, 2.05) is 18.2 Å². The molecule has 2 atom stereocenters. The van der Waals surface area contributed by atoms with Crippen LogP contribution in [0.5, 0.6) is 11.5 Å². The maximum atomic E-state index is 11.9. The molecule has 2 saturated heterocycles. The molecule has 2 fully saturated rings. The zero-order valence-electron chi connectivity index (χ0n) is 19.0. The highest BCUT2D eigenvalue weighted by molar-refractivity contribution is 5.90. The van der Waals surface area contributed by atoms with Crippen LogP contribution in [0.15, 0.2) is 47.0 Å². The van der Waals surface area contributed by atoms with Crippen LogP contribution in [0.2, 0.25) is 0 Å². The van der Waals surface area contributed by atoms with Gasteiger partial charge >= 0.3 is 5.97 Å². The molecule has 1 aromatic heterocycles. The molecule has 8 nitrogen and oxygen atoms in total. The smallest absolute Gasteiger partial charge is 0.338 e. The Balaban J connectivity index is 1.19. The van der Waals surface area contributed by atoms with Crippen LogP contribution in [0.1, 0.15) is 23.2 Å². The van der Waals surface area contributed by atoms with Crippen LogP contribution in [0.25, 0.3) is 11.0 Å². The summed E-state index contributed by atoms with van der Waals surface area (Å²) >= 11 is 0. The number of hydrogen-bond acceptors (Lipinski definition) is 8. The van der Waals surface area contributed by atoms with E-state index in [1.54, 1.807) is 25.3 Å². The summed E-state index contributed by atoms with van der Waals surface area (Å²) < 4.78 is 21.7. The number of esters is 1. The van der Waals surface area contributed by atoms with Gasteiger partial charge in [-0.05, 0) is 37.1 Å². The molecule has 2 unspecified atom stereocenters. The van der Waals surface area contributed by atoms with Gasteiger partial charge in [-0.3, -0.25) is 4.90 Å². The van der Waals surface area contributed by atoms with Crippen LogP contribution in [0.3, 0.4) is 0 Å². The number of para-hydroxylation sites is 1. The number of carbonyl (C=O) groups excluding carboxylic acids is 1. The predicted molar refractivity (Wildman–Crippen MR) is 124 cm³/mol. The van der Waals surface area contributed by atoms with Gasteiger partial charge in [0.1, 0.15) is 11.5 Å². The van der Waals surface area contributed by atoms with Crippen LogP contribution < -0.4 is 14.4 Å². The zero-order chi connectivity index (χ0) is 22.8. The lowest BCUT2D eigenvalue weighted by Gasteiger charge is -2.46. The summed E-state index contributed by atoms with van der Waals surface area (Å²) in [7, 11) is 2.94. The summed E-state index contributed by atoms with van der Waals surface area (Å²) in [5.74, 6) is 2.19. The molecule has 8 heteroatoms. The van der Waals surface area contributed by atoms with Gasteiger partial charge in [0, 0.05) is 44.2 Å². The third-order valence-electron chi connectivity index (χ3n) is 6.69. The summed E-state index contributed by atoms with van der Waals surface area (Å²) in [6.45, 7) is 4.50. The lowest BCUT2D eigenvalue weighted by Crippen LogP contribution is -2.57. The first kappa shape index (κ1) is 21.6. The molecular formula is C25H29N3O5. The Bertz CT molecular complexity index is 1130. The van der Waals surface area contributed by atoms with Gasteiger partial charge in [-0.15, -0.1) is 0 Å². The van der Waals surface area contributed by atoms with E-state index in [0.29, 0.717) is 35.6 Å². The van der Waals surface area contributed by atoms with E-state index >= 15 is 0 Å². The average Bonchev–Trinajstić information content (AvgIpc) is 3.30. The van der Waals surface area contributed by atoms with Crippen LogP contribution >= 0.6 is 0 Å². The highest BCUT2D eigenvalue weighted by Gasteiger charge is 2.34. The molecule has 33 heavy (non-hydrogen) atoms. The molecule has 0 N–H and O–H groups in total. The SMILES string of the molecule is COC(=O)c1cc(OC)cc(OCC2CCC3CN(c4noc5ccccc45)CCN3C2)c1. The number of methoxy groups -OCH3 is 2. The topological polar surface area (TPSA) is 77.3 Å². The maximum absolute atomic E-state index is 11.9. The molecule has 0 spiro atoms. The van der Waals surface area contributed by atoms with Crippen LogP contribution in [-0.2, 0) is 4.74 Å². The fraction of sp³-hybridized carbons (Fsp3) is 0.440. The van der Waals surface area contributed by atoms with Crippen molar-refractivity contribution in [2.75, 3.05) is 51.9 Å². The van der Waals surface area contributed by atoms with E-state index in [4.69, 9.17) is 18.7 Å². The fourth-order valence-electron chi connectivity index (χ4n) is 4.91. The van der Waals surface area contributed by atoms with Gasteiger partial charge < -0.3 is 23.6 Å². The average molecular weight is 452 g/mol. The van der Waals surface area contributed by atoms with Gasteiger partial charge in [0.15, 0.2) is 11.4 Å². The molecule has 0 bridgehead atoms. The summed E-state index contributed by atoms with van der Waals surface area (Å²) in [5, 5.41) is 5.42. The maximum Gasteiger partial charge on any atom is 0.338 e. The number of piperazine rings is 1. The molecule has 5 rings (SSSR count). The Kier molecular flexibility index (Phi) is 6.09. The molecule has 174 valence electrons. The minimum atomic E-state index is -0.406. The van der Waals surface area contributed by atoms with Crippen molar-refractivity contribution < 1.29 is 23.5 Å². The number of aromatic nitrogens is 1. The minimum Gasteiger partial charge on any atom is -0.497 e. The first-order valence-electron chi connectivity index (χ1n) is 11.4. The molecule has 0 saturated carbocycles. The third kappa shape index (κ3) is 4.48. The summed E-state index contributed by atoms with van der Waals surface area (Å²) in [5.41, 5.74) is 1.26. The second kappa shape index (κ2) is 9.31. The molecule has 2 aliphatic rings. The van der Waals surface area contributed by atoms with Crippen molar-refractivity contribution in [2.45, 2.75) is 18.9 Å². The molecule has 3 heterocycles. The van der Waals surface area contributed by atoms with Crippen molar-refractivity contribution in [3.8, 4) is 11.5 Å². The van der Waals surface area contributed by atoms with E-state index in [2.05, 4.69) is 21.0 Å². The van der Waals surface area contributed by atoms with Crippen molar-refractivity contribution in [3.05, 3.63) is 48.0 Å². The second-order valence-corrected chi connectivity index (χ2v) is 8.74. The Morgan fingerprint density at radius 2 is 1.94 bits per heavy atom. The highest BCUT2D eigenvalue weighted by atomic mass is 16.5. The van der Waals surface area contributed by atoms with E-state index in [1.165, 1.54) is 7.11 Å². The molecule has 0 amide bonds. The molecule has 2 aliphatic heterocycles. The lowest BCUT2D eigenvalue weighted by atomic mass is 9.91. The molecule has 0 radical (unpaired) electrons. The second-order valence-electron chi connectivity index (χ2n) is 8.74. The largest absolute Gasteiger partial charge is 0.497 e. The van der Waals surface area contributed by atoms with E-state index in [0.717, 1.165) is 55.8 Å². The zero-order valence-corrected chi connectivity index (χ0v) is 19.0. The van der Waals surface area contributed by atoms with Gasteiger partial charge in [0.25, 0.3) is 0 Å². The monoisotopic (exact) mass is 451 g/mol. The van der Waals surface area contributed by atoms with Crippen molar-refractivity contribution in [1.82, 2.24) is 10.1 Å². The van der Waals surface area contributed by atoms with Crippen molar-refractivity contribution in [2.24, 2.45) is 5.92 Å². The van der Waals surface area contributed by atoms with Gasteiger partial charge in [-0.2, -0.15) is 0 Å². The Hall–Kier alpha value is -3.26. The first-order chi connectivity index (χ1) is 16.1. The van der Waals surface area contributed by atoms with Crippen molar-refractivity contribution in [1.29, 1.82) is 0 Å². The van der Waals surface area contributed by atoms with Crippen LogP contribution in [0, 0.1) is 5.92 Å². The van der Waals surface area contributed by atoms with Crippen LogP contribution in [-0.4, -0.2) is 69.1 Å². The number of piperidine rings is 1. The van der Waals surface area contributed by atoms with Gasteiger partial charge in [-0.25, -0.2) is 4.79 Å². The van der Waals surface area contributed by atoms with Gasteiger partial charge in [-0.1, -0.05) is 17.3 Å². The summed E-state index contributed by atoms with van der Waals surface area (Å²) in [4.78, 5) is 16.9. The molecule has 0 aliphatic carbocycles. The summed E-state index contributed by atoms with van der Waals surface area (Å²) in [6.07, 6.45) is 2.22. The normalized spacial score (nSPS) is 21.0. The standard InChI is InChI=1S/C25H29N3O5/c1-30-20-11-18(25(29)31-2)12-21(13-20)32-16-17-7-8-19-15-28(10-9-27(19)14-17)24-22-5-3-4-6-23(22)33-26-24/h3-6,11-13,17,19H,7-10,14-16H2,1-2H3. The number of fused-ring (bicyclic) bond motifs is 2. The molecule has 2 aromatic carbocycles. The first-order valence-corrected chi connectivity index (χ1v) is 11.4. The van der Waals surface area contributed by atoms with E-state index in [9.17, 15) is 4.79 Å². The third-order valence-corrected chi connectivity index (χ3v) is 6.69. The number of nitrogens with zero attached hydrogens (tertiary/aromatic N) is 3. The number of carbonyl (C=O) groups is 1. The molecule has 3 aromatic rings. The van der Waals surface area contributed by atoms with Crippen LogP contribution in [0.4, 0.5) is 5.82 Å². The Labute approximate surface area is 193 Å². The highest BCUT2D eigenvalue weighted by Crippen LogP contribution is 2.32. The molecular weight excluding hydrogens is 422 g/mol. The quantitative estimate of drug-likeness (QED) is 0.526. The van der Waals surface area contributed by atoms with Crippen molar-refractivity contribution in [3.63, 3.8) is 0 Å². The van der Waals surface area contributed by atoms with Crippen molar-refractivity contribution >= 4 is 22.8 Å². The number of hydrogen-bond donors (Lipinski definition) is 0. The lowest BCUT2D eigenvalue weighted by molar-refractivity contribution is 0.0598. The van der Waals surface area contributed by atoms with E-state index < -0.39 is 5.97 Å². The minimum absolute atomic E-state index is 0.406. The van der Waals surface area contributed by atoms with E-state index in [-0.39, 0.29) is 0 Å². The Morgan fingerprint density at radius 3 is 2.79 bits per heavy atom. The fourth-order valence-corrected chi connectivity index (χ4v) is 4.91. The number of benzene rings is 2. The number of anilines is 1.